The minimum absolute atomic E-state index is 0.248. The van der Waals surface area contributed by atoms with Crippen LogP contribution in [0.3, 0.4) is 0 Å². The number of nitrogens with zero attached hydrogens (tertiary/aromatic N) is 2. The van der Waals surface area contributed by atoms with E-state index in [2.05, 4.69) is 20.9 Å². The first kappa shape index (κ1) is 14.8. The Morgan fingerprint density at radius 3 is 2.77 bits per heavy atom. The molecule has 0 aliphatic heterocycles. The van der Waals surface area contributed by atoms with Crippen LogP contribution >= 0.6 is 15.9 Å². The standard InChI is InChI=1S/C17H15BrFN3/c18-14-6-13(7-15(19)10-14)11-22-5-4-21-17(22)9-12-2-1-3-16(20)8-12/h1-8,10H,9,11,20H2. The molecule has 0 saturated carbocycles. The Morgan fingerprint density at radius 1 is 1.14 bits per heavy atom. The van der Waals surface area contributed by atoms with Crippen molar-refractivity contribution in [2.45, 2.75) is 13.0 Å². The van der Waals surface area contributed by atoms with E-state index in [0.29, 0.717) is 13.0 Å². The first-order chi connectivity index (χ1) is 10.6. The fourth-order valence-electron chi connectivity index (χ4n) is 2.44. The van der Waals surface area contributed by atoms with Crippen molar-refractivity contribution < 1.29 is 4.39 Å². The van der Waals surface area contributed by atoms with Crippen LogP contribution in [0.4, 0.5) is 10.1 Å². The quantitative estimate of drug-likeness (QED) is 0.715. The topological polar surface area (TPSA) is 43.8 Å². The first-order valence-corrected chi connectivity index (χ1v) is 7.69. The third-order valence-corrected chi connectivity index (χ3v) is 3.85. The molecule has 0 spiro atoms. The van der Waals surface area contributed by atoms with Crippen molar-refractivity contribution in [3.05, 3.63) is 82.1 Å². The summed E-state index contributed by atoms with van der Waals surface area (Å²) in [6.07, 6.45) is 4.35. The van der Waals surface area contributed by atoms with E-state index in [1.807, 2.05) is 41.1 Å². The summed E-state index contributed by atoms with van der Waals surface area (Å²) in [4.78, 5) is 4.40. The Hall–Kier alpha value is -2.14. The van der Waals surface area contributed by atoms with Crippen LogP contribution in [0, 0.1) is 5.82 Å². The lowest BCUT2D eigenvalue weighted by Crippen LogP contribution is -2.05. The number of benzene rings is 2. The Kier molecular flexibility index (Phi) is 4.24. The van der Waals surface area contributed by atoms with E-state index in [4.69, 9.17) is 5.73 Å². The molecule has 3 nitrogen and oxygen atoms in total. The monoisotopic (exact) mass is 359 g/mol. The van der Waals surface area contributed by atoms with Crippen molar-refractivity contribution in [1.82, 2.24) is 9.55 Å². The Bertz CT molecular complexity index is 778. The molecule has 22 heavy (non-hydrogen) atoms. The van der Waals surface area contributed by atoms with Crippen molar-refractivity contribution in [2.75, 3.05) is 5.73 Å². The summed E-state index contributed by atoms with van der Waals surface area (Å²) in [7, 11) is 0. The minimum Gasteiger partial charge on any atom is -0.399 e. The predicted molar refractivity (Wildman–Crippen MR) is 89.1 cm³/mol. The van der Waals surface area contributed by atoms with E-state index in [9.17, 15) is 4.39 Å². The van der Waals surface area contributed by atoms with Crippen LogP contribution in [0.2, 0.25) is 0 Å². The predicted octanol–water partition coefficient (Wildman–Crippen LogP) is 4.01. The average molecular weight is 360 g/mol. The van der Waals surface area contributed by atoms with Gasteiger partial charge in [-0.15, -0.1) is 0 Å². The number of rotatable bonds is 4. The molecule has 3 rings (SSSR count). The smallest absolute Gasteiger partial charge is 0.124 e. The van der Waals surface area contributed by atoms with E-state index in [1.165, 1.54) is 12.1 Å². The van der Waals surface area contributed by atoms with Gasteiger partial charge in [-0.05, 0) is 41.5 Å². The summed E-state index contributed by atoms with van der Waals surface area (Å²) in [5, 5.41) is 0. The molecule has 1 aromatic heterocycles. The van der Waals surface area contributed by atoms with Gasteiger partial charge in [0.2, 0.25) is 0 Å². The normalized spacial score (nSPS) is 10.8. The van der Waals surface area contributed by atoms with Crippen LogP contribution in [0.5, 0.6) is 0 Å². The fraction of sp³-hybridized carbons (Fsp3) is 0.118. The zero-order chi connectivity index (χ0) is 15.5. The summed E-state index contributed by atoms with van der Waals surface area (Å²) in [5.74, 6) is 0.674. The van der Waals surface area contributed by atoms with E-state index in [1.54, 1.807) is 6.20 Å². The molecule has 0 saturated heterocycles. The second kappa shape index (κ2) is 6.32. The zero-order valence-electron chi connectivity index (χ0n) is 11.8. The number of hydrogen-bond acceptors (Lipinski definition) is 2. The van der Waals surface area contributed by atoms with Crippen molar-refractivity contribution in [3.8, 4) is 0 Å². The van der Waals surface area contributed by atoms with Crippen LogP contribution < -0.4 is 5.73 Å². The minimum atomic E-state index is -0.248. The highest BCUT2D eigenvalue weighted by molar-refractivity contribution is 9.10. The van der Waals surface area contributed by atoms with Crippen molar-refractivity contribution in [3.63, 3.8) is 0 Å². The number of hydrogen-bond donors (Lipinski definition) is 1. The van der Waals surface area contributed by atoms with E-state index in [-0.39, 0.29) is 5.82 Å². The third-order valence-electron chi connectivity index (χ3n) is 3.39. The lowest BCUT2D eigenvalue weighted by Gasteiger charge is -2.09. The van der Waals surface area contributed by atoms with Gasteiger partial charge in [0.25, 0.3) is 0 Å². The molecule has 2 aromatic carbocycles. The highest BCUT2D eigenvalue weighted by Crippen LogP contribution is 2.17. The Morgan fingerprint density at radius 2 is 2.00 bits per heavy atom. The van der Waals surface area contributed by atoms with Crippen LogP contribution in [0.25, 0.3) is 0 Å². The molecule has 0 amide bonds. The molecule has 0 unspecified atom stereocenters. The van der Waals surface area contributed by atoms with Crippen LogP contribution in [-0.2, 0) is 13.0 Å². The third kappa shape index (κ3) is 3.54. The largest absolute Gasteiger partial charge is 0.399 e. The van der Waals surface area contributed by atoms with Crippen molar-refractivity contribution in [1.29, 1.82) is 0 Å². The molecular formula is C17H15BrFN3. The highest BCUT2D eigenvalue weighted by atomic mass is 79.9. The van der Waals surface area contributed by atoms with E-state index >= 15 is 0 Å². The molecule has 5 heteroatoms. The highest BCUT2D eigenvalue weighted by Gasteiger charge is 2.07. The number of nitrogen functional groups attached to an aromatic ring is 1. The SMILES string of the molecule is Nc1cccc(Cc2nccn2Cc2cc(F)cc(Br)c2)c1. The van der Waals surface area contributed by atoms with E-state index in [0.717, 1.165) is 27.1 Å². The number of aromatic nitrogens is 2. The maximum atomic E-state index is 13.5. The fourth-order valence-corrected chi connectivity index (χ4v) is 2.95. The van der Waals surface area contributed by atoms with Crippen molar-refractivity contribution >= 4 is 21.6 Å². The summed E-state index contributed by atoms with van der Waals surface area (Å²) in [6.45, 7) is 0.577. The lowest BCUT2D eigenvalue weighted by molar-refractivity contribution is 0.621. The van der Waals surface area contributed by atoms with Gasteiger partial charge in [-0.2, -0.15) is 0 Å². The van der Waals surface area contributed by atoms with Crippen LogP contribution in [0.1, 0.15) is 17.0 Å². The lowest BCUT2D eigenvalue weighted by atomic mass is 10.1. The number of imidazole rings is 1. The zero-order valence-corrected chi connectivity index (χ0v) is 13.4. The maximum absolute atomic E-state index is 13.5. The van der Waals surface area contributed by atoms with Gasteiger partial charge in [0.15, 0.2) is 0 Å². The molecule has 0 fully saturated rings. The molecule has 0 aliphatic carbocycles. The van der Waals surface area contributed by atoms with E-state index < -0.39 is 0 Å². The van der Waals surface area contributed by atoms with Gasteiger partial charge in [0.05, 0.1) is 0 Å². The molecule has 0 atom stereocenters. The maximum Gasteiger partial charge on any atom is 0.124 e. The van der Waals surface area contributed by atoms with Crippen molar-refractivity contribution in [2.24, 2.45) is 0 Å². The molecule has 1 heterocycles. The van der Waals surface area contributed by atoms with Gasteiger partial charge >= 0.3 is 0 Å². The molecule has 3 aromatic rings. The number of halogens is 2. The molecule has 2 N–H and O–H groups in total. The first-order valence-electron chi connectivity index (χ1n) is 6.89. The van der Waals surface area contributed by atoms with Gasteiger partial charge in [-0.25, -0.2) is 9.37 Å². The second-order valence-electron chi connectivity index (χ2n) is 5.17. The van der Waals surface area contributed by atoms with Gasteiger partial charge < -0.3 is 10.3 Å². The number of anilines is 1. The molecule has 0 aliphatic rings. The summed E-state index contributed by atoms with van der Waals surface area (Å²) in [6, 6.07) is 12.7. The Labute approximate surface area is 136 Å². The van der Waals surface area contributed by atoms with Crippen LogP contribution in [0.15, 0.2) is 59.3 Å². The summed E-state index contributed by atoms with van der Waals surface area (Å²) < 4.78 is 16.2. The number of nitrogens with two attached hydrogens (primary N) is 1. The Balaban J connectivity index is 1.83. The molecular weight excluding hydrogens is 345 g/mol. The molecule has 112 valence electrons. The summed E-state index contributed by atoms with van der Waals surface area (Å²) in [5.41, 5.74) is 8.54. The van der Waals surface area contributed by atoms with Gasteiger partial charge in [-0.1, -0.05) is 28.1 Å². The average Bonchev–Trinajstić information content (AvgIpc) is 2.85. The summed E-state index contributed by atoms with van der Waals surface area (Å²) >= 11 is 3.32. The second-order valence-corrected chi connectivity index (χ2v) is 6.09. The van der Waals surface area contributed by atoms with Gasteiger partial charge in [0.1, 0.15) is 11.6 Å². The van der Waals surface area contributed by atoms with Gasteiger partial charge in [0, 0.05) is 35.5 Å². The van der Waals surface area contributed by atoms with Crippen LogP contribution in [-0.4, -0.2) is 9.55 Å². The molecule has 0 radical (unpaired) electrons. The van der Waals surface area contributed by atoms with Gasteiger partial charge in [-0.3, -0.25) is 0 Å². The molecule has 0 bridgehead atoms.